The third kappa shape index (κ3) is 6.81. The Labute approximate surface area is 160 Å². The minimum Gasteiger partial charge on any atom is -0.378 e. The molecule has 0 atom stereocenters. The first-order chi connectivity index (χ1) is 13.0. The predicted octanol–water partition coefficient (Wildman–Crippen LogP) is 2.24. The van der Waals surface area contributed by atoms with E-state index in [2.05, 4.69) is 29.0 Å². The average Bonchev–Trinajstić information content (AvgIpc) is 2.66. The highest BCUT2D eigenvalue weighted by molar-refractivity contribution is 5.80. The van der Waals surface area contributed by atoms with E-state index in [0.29, 0.717) is 38.2 Å². The van der Waals surface area contributed by atoms with Gasteiger partial charge in [-0.3, -0.25) is 9.59 Å². The number of nitrogens with one attached hydrogen (secondary N) is 2. The Morgan fingerprint density at radius 2 is 1.96 bits per heavy atom. The van der Waals surface area contributed by atoms with Gasteiger partial charge in [-0.2, -0.15) is 0 Å². The maximum Gasteiger partial charge on any atom is 0.251 e. The van der Waals surface area contributed by atoms with E-state index in [1.54, 1.807) is 0 Å². The average molecular weight is 373 g/mol. The minimum absolute atomic E-state index is 0.0641. The van der Waals surface area contributed by atoms with Gasteiger partial charge in [0, 0.05) is 30.6 Å². The van der Waals surface area contributed by atoms with Crippen LogP contribution in [0.4, 0.5) is 0 Å². The van der Waals surface area contributed by atoms with Gasteiger partial charge in [-0.15, -0.1) is 0 Å². The lowest BCUT2D eigenvalue weighted by Gasteiger charge is -2.17. The first-order valence-corrected chi connectivity index (χ1v) is 9.72. The van der Waals surface area contributed by atoms with Gasteiger partial charge in [0.2, 0.25) is 5.91 Å². The van der Waals surface area contributed by atoms with Crippen LogP contribution in [0.3, 0.4) is 0 Å². The van der Waals surface area contributed by atoms with E-state index >= 15 is 0 Å². The minimum atomic E-state index is -0.124. The lowest BCUT2D eigenvalue weighted by molar-refractivity contribution is -0.121. The zero-order valence-electron chi connectivity index (χ0n) is 16.6. The van der Waals surface area contributed by atoms with Crippen LogP contribution in [0.2, 0.25) is 0 Å². The van der Waals surface area contributed by atoms with Crippen molar-refractivity contribution in [2.24, 2.45) is 0 Å². The van der Waals surface area contributed by atoms with E-state index in [-0.39, 0.29) is 11.5 Å². The second-order valence-corrected chi connectivity index (χ2v) is 6.70. The number of fused-ring (bicyclic) bond motifs is 1. The van der Waals surface area contributed by atoms with E-state index in [4.69, 9.17) is 4.74 Å². The summed E-state index contributed by atoms with van der Waals surface area (Å²) < 4.78 is 5.55. The summed E-state index contributed by atoms with van der Waals surface area (Å²) in [5, 5.41) is 3.83. The number of likely N-dealkylation sites (N-methyl/N-ethyl adjacent to an activating group) is 1. The normalized spacial score (nSPS) is 11.3. The van der Waals surface area contributed by atoms with Crippen molar-refractivity contribution in [3.8, 4) is 0 Å². The van der Waals surface area contributed by atoms with Crippen LogP contribution >= 0.6 is 0 Å². The first-order valence-electron chi connectivity index (χ1n) is 9.72. The summed E-state index contributed by atoms with van der Waals surface area (Å²) in [6.07, 6.45) is 0.716. The molecule has 0 saturated heterocycles. The number of ether oxygens (including phenoxy) is 1. The van der Waals surface area contributed by atoms with Crippen LogP contribution in [0.15, 0.2) is 29.1 Å². The highest BCUT2D eigenvalue weighted by Gasteiger charge is 2.07. The number of benzene rings is 1. The largest absolute Gasteiger partial charge is 0.378 e. The number of carbonyl (C=O) groups excluding carboxylic acids is 1. The van der Waals surface area contributed by atoms with Crippen LogP contribution in [0.5, 0.6) is 0 Å². The quantitative estimate of drug-likeness (QED) is 0.593. The molecule has 0 unspecified atom stereocenters. The second kappa shape index (κ2) is 10.8. The number of carbonyl (C=O) groups is 1. The number of aromatic nitrogens is 1. The van der Waals surface area contributed by atoms with E-state index in [1.807, 2.05) is 31.2 Å². The number of pyridine rings is 1. The molecular formula is C21H31N3O3. The molecular weight excluding hydrogens is 342 g/mol. The van der Waals surface area contributed by atoms with Gasteiger partial charge in [-0.1, -0.05) is 26.0 Å². The molecule has 1 aromatic heterocycles. The SMILES string of the molecule is CCN(CC)CCOCCNC(=O)CCc1cc2ccc(C)cc2[nH]c1=O. The molecule has 2 N–H and O–H groups in total. The van der Waals surface area contributed by atoms with Gasteiger partial charge < -0.3 is 19.9 Å². The molecule has 6 heteroatoms. The molecule has 0 spiro atoms. The molecule has 0 bridgehead atoms. The van der Waals surface area contributed by atoms with Crippen molar-refractivity contribution in [3.05, 3.63) is 45.7 Å². The summed E-state index contributed by atoms with van der Waals surface area (Å²) >= 11 is 0. The van der Waals surface area contributed by atoms with Gasteiger partial charge in [0.05, 0.1) is 13.2 Å². The lowest BCUT2D eigenvalue weighted by Crippen LogP contribution is -2.30. The fraction of sp³-hybridized carbons (Fsp3) is 0.524. The first kappa shape index (κ1) is 21.1. The summed E-state index contributed by atoms with van der Waals surface area (Å²) in [7, 11) is 0. The molecule has 148 valence electrons. The van der Waals surface area contributed by atoms with Crippen molar-refractivity contribution in [1.29, 1.82) is 0 Å². The number of hydrogen-bond acceptors (Lipinski definition) is 4. The summed E-state index contributed by atoms with van der Waals surface area (Å²) in [6.45, 7) is 10.9. The number of amides is 1. The summed E-state index contributed by atoms with van der Waals surface area (Å²) in [5.74, 6) is -0.0641. The van der Waals surface area contributed by atoms with E-state index in [0.717, 1.165) is 36.1 Å². The topological polar surface area (TPSA) is 74.4 Å². The Hall–Kier alpha value is -2.18. The predicted molar refractivity (Wildman–Crippen MR) is 109 cm³/mol. The zero-order chi connectivity index (χ0) is 19.6. The molecule has 27 heavy (non-hydrogen) atoms. The summed E-state index contributed by atoms with van der Waals surface area (Å²) in [4.78, 5) is 29.4. The van der Waals surface area contributed by atoms with Crippen molar-refractivity contribution >= 4 is 16.8 Å². The number of H-pyrrole nitrogens is 1. The molecule has 0 radical (unpaired) electrons. The van der Waals surface area contributed by atoms with Gasteiger partial charge >= 0.3 is 0 Å². The number of nitrogens with zero attached hydrogens (tertiary/aromatic N) is 1. The fourth-order valence-corrected chi connectivity index (χ4v) is 2.98. The Bertz CT molecular complexity index is 797. The maximum atomic E-state index is 12.2. The molecule has 2 rings (SSSR count). The third-order valence-corrected chi connectivity index (χ3v) is 4.71. The Morgan fingerprint density at radius 3 is 2.70 bits per heavy atom. The van der Waals surface area contributed by atoms with Gasteiger partial charge in [0.1, 0.15) is 0 Å². The molecule has 0 saturated carbocycles. The number of aryl methyl sites for hydroxylation is 2. The summed E-state index contributed by atoms with van der Waals surface area (Å²) in [5.41, 5.74) is 2.44. The zero-order valence-corrected chi connectivity index (χ0v) is 16.6. The van der Waals surface area contributed by atoms with Gasteiger partial charge in [-0.05, 0) is 49.5 Å². The molecule has 0 aliphatic carbocycles. The Morgan fingerprint density at radius 1 is 1.19 bits per heavy atom. The van der Waals surface area contributed by atoms with Crippen LogP contribution in [-0.4, -0.2) is 55.2 Å². The molecule has 1 aromatic carbocycles. The third-order valence-electron chi connectivity index (χ3n) is 4.71. The molecule has 0 aliphatic rings. The van der Waals surface area contributed by atoms with Crippen LogP contribution < -0.4 is 10.9 Å². The van der Waals surface area contributed by atoms with E-state index in [1.165, 1.54) is 0 Å². The van der Waals surface area contributed by atoms with Crippen molar-refractivity contribution in [2.45, 2.75) is 33.6 Å². The molecule has 1 heterocycles. The van der Waals surface area contributed by atoms with Crippen molar-refractivity contribution < 1.29 is 9.53 Å². The van der Waals surface area contributed by atoms with Crippen LogP contribution in [-0.2, 0) is 16.0 Å². The van der Waals surface area contributed by atoms with Crippen LogP contribution in [0, 0.1) is 6.92 Å². The second-order valence-electron chi connectivity index (χ2n) is 6.70. The van der Waals surface area contributed by atoms with Crippen molar-refractivity contribution in [2.75, 3.05) is 39.4 Å². The number of rotatable bonds is 11. The maximum absolute atomic E-state index is 12.2. The van der Waals surface area contributed by atoms with Crippen LogP contribution in [0.25, 0.3) is 10.9 Å². The molecule has 2 aromatic rings. The van der Waals surface area contributed by atoms with Crippen molar-refractivity contribution in [3.63, 3.8) is 0 Å². The van der Waals surface area contributed by atoms with Crippen molar-refractivity contribution in [1.82, 2.24) is 15.2 Å². The van der Waals surface area contributed by atoms with Gasteiger partial charge in [0.15, 0.2) is 0 Å². The van der Waals surface area contributed by atoms with E-state index < -0.39 is 0 Å². The number of hydrogen-bond donors (Lipinski definition) is 2. The molecule has 0 fully saturated rings. The highest BCUT2D eigenvalue weighted by Crippen LogP contribution is 2.13. The fourth-order valence-electron chi connectivity index (χ4n) is 2.98. The monoisotopic (exact) mass is 373 g/mol. The molecule has 1 amide bonds. The molecule has 0 aliphatic heterocycles. The van der Waals surface area contributed by atoms with Crippen LogP contribution in [0.1, 0.15) is 31.4 Å². The smallest absolute Gasteiger partial charge is 0.251 e. The Kier molecular flexibility index (Phi) is 8.48. The van der Waals surface area contributed by atoms with Gasteiger partial charge in [-0.25, -0.2) is 0 Å². The van der Waals surface area contributed by atoms with Gasteiger partial charge in [0.25, 0.3) is 5.56 Å². The molecule has 6 nitrogen and oxygen atoms in total. The standard InChI is InChI=1S/C21H31N3O3/c1-4-24(5-2)11-13-27-12-10-22-20(25)9-8-18-15-17-7-6-16(3)14-19(17)23-21(18)26/h6-7,14-15H,4-5,8-13H2,1-3H3,(H,22,25)(H,23,26). The number of aromatic amines is 1. The lowest BCUT2D eigenvalue weighted by atomic mass is 10.1. The summed E-state index contributed by atoms with van der Waals surface area (Å²) in [6, 6.07) is 7.82. The Balaban J connectivity index is 1.71. The highest BCUT2D eigenvalue weighted by atomic mass is 16.5. The van der Waals surface area contributed by atoms with E-state index in [9.17, 15) is 9.59 Å².